The Bertz CT molecular complexity index is 753. The number of oxazole rings is 1. The van der Waals surface area contributed by atoms with Crippen LogP contribution in [0, 0.1) is 11.7 Å². The molecule has 1 aromatic heterocycles. The van der Waals surface area contributed by atoms with Crippen molar-refractivity contribution in [1.82, 2.24) is 9.29 Å². The van der Waals surface area contributed by atoms with Gasteiger partial charge in [0.05, 0.1) is 5.75 Å². The van der Waals surface area contributed by atoms with Gasteiger partial charge in [0.2, 0.25) is 10.0 Å². The first-order valence-corrected chi connectivity index (χ1v) is 8.36. The van der Waals surface area contributed by atoms with Gasteiger partial charge in [-0.25, -0.2) is 17.1 Å². The molecule has 0 radical (unpaired) electrons. The summed E-state index contributed by atoms with van der Waals surface area (Å²) in [5.41, 5.74) is 0.976. The number of nitrogens with one attached hydrogen (secondary N) is 1. The molecular weight excluding hydrogens is 297 g/mol. The summed E-state index contributed by atoms with van der Waals surface area (Å²) in [5.74, 6) is 0.00365. The number of hydrogen-bond donors (Lipinski definition) is 1. The summed E-state index contributed by atoms with van der Waals surface area (Å²) < 4.78 is 43.1. The second kappa shape index (κ2) is 5.27. The molecule has 0 amide bonds. The van der Waals surface area contributed by atoms with Gasteiger partial charge in [-0.05, 0) is 19.1 Å². The zero-order valence-corrected chi connectivity index (χ0v) is 12.4. The number of aromatic nitrogens is 1. The number of benzene rings is 1. The molecule has 114 valence electrons. The molecule has 21 heavy (non-hydrogen) atoms. The SMILES string of the molecule is CCS(=O)(=O)N1CC(CNc2nc3cc(F)ccc3o2)C1. The highest BCUT2D eigenvalue weighted by Gasteiger charge is 2.34. The number of rotatable bonds is 5. The van der Waals surface area contributed by atoms with Crippen molar-refractivity contribution in [2.24, 2.45) is 5.92 Å². The smallest absolute Gasteiger partial charge is 0.295 e. The van der Waals surface area contributed by atoms with Crippen LogP contribution in [0.25, 0.3) is 11.1 Å². The van der Waals surface area contributed by atoms with Crippen LogP contribution < -0.4 is 5.32 Å². The van der Waals surface area contributed by atoms with Gasteiger partial charge in [-0.1, -0.05) is 0 Å². The zero-order chi connectivity index (χ0) is 15.0. The maximum Gasteiger partial charge on any atom is 0.295 e. The van der Waals surface area contributed by atoms with Gasteiger partial charge in [0, 0.05) is 31.6 Å². The molecule has 0 unspecified atom stereocenters. The third kappa shape index (κ3) is 2.86. The lowest BCUT2D eigenvalue weighted by Gasteiger charge is -2.37. The highest BCUT2D eigenvalue weighted by atomic mass is 32.2. The number of nitrogens with zero attached hydrogens (tertiary/aromatic N) is 2. The van der Waals surface area contributed by atoms with E-state index in [0.717, 1.165) is 0 Å². The number of fused-ring (bicyclic) bond motifs is 1. The van der Waals surface area contributed by atoms with E-state index in [1.807, 2.05) is 0 Å². The number of hydrogen-bond acceptors (Lipinski definition) is 5. The predicted octanol–water partition coefficient (Wildman–Crippen LogP) is 1.66. The van der Waals surface area contributed by atoms with E-state index in [2.05, 4.69) is 10.3 Å². The van der Waals surface area contributed by atoms with Crippen LogP contribution in [0.4, 0.5) is 10.4 Å². The third-order valence-electron chi connectivity index (χ3n) is 3.57. The van der Waals surface area contributed by atoms with Gasteiger partial charge < -0.3 is 9.73 Å². The van der Waals surface area contributed by atoms with Gasteiger partial charge >= 0.3 is 0 Å². The molecule has 0 spiro atoms. The molecule has 1 saturated heterocycles. The van der Waals surface area contributed by atoms with Crippen molar-refractivity contribution in [3.8, 4) is 0 Å². The Morgan fingerprint density at radius 2 is 2.24 bits per heavy atom. The van der Waals surface area contributed by atoms with Crippen LogP contribution in [-0.4, -0.2) is 43.1 Å². The van der Waals surface area contributed by atoms with E-state index in [9.17, 15) is 12.8 Å². The molecule has 1 fully saturated rings. The lowest BCUT2D eigenvalue weighted by molar-refractivity contribution is 0.211. The summed E-state index contributed by atoms with van der Waals surface area (Å²) in [5, 5.41) is 3.02. The Labute approximate surface area is 122 Å². The third-order valence-corrected chi connectivity index (χ3v) is 5.39. The average Bonchev–Trinajstić information content (AvgIpc) is 2.78. The van der Waals surface area contributed by atoms with Crippen LogP contribution in [0.15, 0.2) is 22.6 Å². The minimum absolute atomic E-state index is 0.129. The van der Waals surface area contributed by atoms with Gasteiger partial charge in [-0.2, -0.15) is 4.98 Å². The summed E-state index contributed by atoms with van der Waals surface area (Å²) in [6.45, 7) is 3.24. The topological polar surface area (TPSA) is 75.4 Å². The Morgan fingerprint density at radius 1 is 1.48 bits per heavy atom. The van der Waals surface area contributed by atoms with Crippen molar-refractivity contribution in [3.63, 3.8) is 0 Å². The molecule has 8 heteroatoms. The summed E-state index contributed by atoms with van der Waals surface area (Å²) in [6, 6.07) is 4.48. The maximum atomic E-state index is 13.0. The second-order valence-electron chi connectivity index (χ2n) is 5.10. The number of sulfonamides is 1. The molecular formula is C13H16FN3O3S. The lowest BCUT2D eigenvalue weighted by atomic mass is 10.0. The maximum absolute atomic E-state index is 13.0. The van der Waals surface area contributed by atoms with E-state index in [1.165, 1.54) is 22.5 Å². The predicted molar refractivity (Wildman–Crippen MR) is 77.0 cm³/mol. The monoisotopic (exact) mass is 313 g/mol. The van der Waals surface area contributed by atoms with Crippen molar-refractivity contribution in [2.75, 3.05) is 30.7 Å². The summed E-state index contributed by atoms with van der Waals surface area (Å²) in [4.78, 5) is 4.14. The molecule has 1 N–H and O–H groups in total. The van der Waals surface area contributed by atoms with E-state index in [0.29, 0.717) is 36.7 Å². The van der Waals surface area contributed by atoms with Crippen LogP contribution >= 0.6 is 0 Å². The average molecular weight is 313 g/mol. The van der Waals surface area contributed by atoms with Crippen LogP contribution in [0.2, 0.25) is 0 Å². The molecule has 0 atom stereocenters. The van der Waals surface area contributed by atoms with Gasteiger partial charge in [0.1, 0.15) is 11.3 Å². The molecule has 6 nitrogen and oxygen atoms in total. The molecule has 0 aliphatic carbocycles. The van der Waals surface area contributed by atoms with Crippen molar-refractivity contribution >= 4 is 27.1 Å². The van der Waals surface area contributed by atoms with E-state index in [-0.39, 0.29) is 17.5 Å². The normalized spacial score (nSPS) is 17.0. The van der Waals surface area contributed by atoms with Crippen molar-refractivity contribution in [3.05, 3.63) is 24.0 Å². The minimum atomic E-state index is -3.08. The molecule has 0 bridgehead atoms. The lowest BCUT2D eigenvalue weighted by Crippen LogP contribution is -2.52. The minimum Gasteiger partial charge on any atom is -0.424 e. The fraction of sp³-hybridized carbons (Fsp3) is 0.462. The van der Waals surface area contributed by atoms with Crippen LogP contribution in [0.3, 0.4) is 0 Å². The molecule has 1 aliphatic heterocycles. The van der Waals surface area contributed by atoms with E-state index >= 15 is 0 Å². The van der Waals surface area contributed by atoms with Crippen LogP contribution in [-0.2, 0) is 10.0 Å². The highest BCUT2D eigenvalue weighted by molar-refractivity contribution is 7.89. The van der Waals surface area contributed by atoms with Gasteiger partial charge in [-0.15, -0.1) is 0 Å². The molecule has 0 saturated carbocycles. The van der Waals surface area contributed by atoms with E-state index in [1.54, 1.807) is 6.92 Å². The first kappa shape index (κ1) is 14.3. The van der Waals surface area contributed by atoms with Crippen LogP contribution in [0.1, 0.15) is 6.92 Å². The second-order valence-corrected chi connectivity index (χ2v) is 7.35. The summed E-state index contributed by atoms with van der Waals surface area (Å²) in [7, 11) is -3.08. The quantitative estimate of drug-likeness (QED) is 0.908. The molecule has 1 aromatic carbocycles. The largest absolute Gasteiger partial charge is 0.424 e. The fourth-order valence-electron chi connectivity index (χ4n) is 2.27. The van der Waals surface area contributed by atoms with Gasteiger partial charge in [-0.3, -0.25) is 0 Å². The number of halogens is 1. The van der Waals surface area contributed by atoms with Crippen molar-refractivity contribution in [2.45, 2.75) is 6.92 Å². The summed E-state index contributed by atoms with van der Waals surface area (Å²) >= 11 is 0. The molecule has 3 rings (SSSR count). The van der Waals surface area contributed by atoms with Gasteiger partial charge in [0.25, 0.3) is 6.01 Å². The first-order chi connectivity index (χ1) is 9.98. The Hall–Kier alpha value is -1.67. The fourth-order valence-corrected chi connectivity index (χ4v) is 3.51. The van der Waals surface area contributed by atoms with Crippen LogP contribution in [0.5, 0.6) is 0 Å². The highest BCUT2D eigenvalue weighted by Crippen LogP contribution is 2.22. The Morgan fingerprint density at radius 3 is 2.95 bits per heavy atom. The molecule has 2 heterocycles. The first-order valence-electron chi connectivity index (χ1n) is 6.75. The summed E-state index contributed by atoms with van der Waals surface area (Å²) in [6.07, 6.45) is 0. The standard InChI is InChI=1S/C13H16FN3O3S/c1-2-21(18,19)17-7-9(8-17)6-15-13-16-11-5-10(14)3-4-12(11)20-13/h3-5,9H,2,6-8H2,1H3,(H,15,16). The molecule has 2 aromatic rings. The molecule has 1 aliphatic rings. The van der Waals surface area contributed by atoms with Crippen molar-refractivity contribution < 1.29 is 17.2 Å². The number of anilines is 1. The Balaban J connectivity index is 1.56. The van der Waals surface area contributed by atoms with Crippen molar-refractivity contribution in [1.29, 1.82) is 0 Å². The Kier molecular flexibility index (Phi) is 3.58. The van der Waals surface area contributed by atoms with Gasteiger partial charge in [0.15, 0.2) is 5.58 Å². The van der Waals surface area contributed by atoms with E-state index in [4.69, 9.17) is 4.42 Å². The van der Waals surface area contributed by atoms with E-state index < -0.39 is 10.0 Å². The zero-order valence-electron chi connectivity index (χ0n) is 11.5.